The van der Waals surface area contributed by atoms with Crippen molar-refractivity contribution >= 4 is 5.97 Å². The molecule has 0 aromatic heterocycles. The zero-order valence-electron chi connectivity index (χ0n) is 21.2. The number of esters is 1. The predicted molar refractivity (Wildman–Crippen MR) is 137 cm³/mol. The van der Waals surface area contributed by atoms with Crippen LogP contribution in [0.15, 0.2) is 47.6 Å². The summed E-state index contributed by atoms with van der Waals surface area (Å²) in [4.78, 5) is 11.6. The highest BCUT2D eigenvalue weighted by molar-refractivity contribution is 5.87. The van der Waals surface area contributed by atoms with E-state index in [0.29, 0.717) is 11.6 Å². The maximum absolute atomic E-state index is 11.6. The van der Waals surface area contributed by atoms with Crippen molar-refractivity contribution in [1.29, 1.82) is 0 Å². The lowest BCUT2D eigenvalue weighted by atomic mass is 9.70. The molecule has 0 spiro atoms. The maximum Gasteiger partial charge on any atom is 0.333 e. The van der Waals surface area contributed by atoms with E-state index in [1.807, 2.05) is 12.2 Å². The second-order valence-corrected chi connectivity index (χ2v) is 10.5. The van der Waals surface area contributed by atoms with E-state index in [1.165, 1.54) is 31.1 Å². The topological polar surface area (TPSA) is 47.6 Å². The standard InChI is InChI=1S/C30H37NO3/c1-20(29(32)34-5)16-22-9-6-21(7-10-22)8-13-24-17-25-28(27(18-24)33-4)26(14-15-30(25,2)3)31-19-23-11-12-23/h6-7,9,16-18,22-23,26,31H,10-12,14-15,19H2,1-5H3. The Kier molecular flexibility index (Phi) is 7.33. The predicted octanol–water partition coefficient (Wildman–Crippen LogP) is 5.78. The number of hydrogen-bond acceptors (Lipinski definition) is 4. The van der Waals surface area contributed by atoms with Crippen LogP contribution >= 0.6 is 0 Å². The molecule has 4 rings (SSSR count). The van der Waals surface area contributed by atoms with Gasteiger partial charge in [0, 0.05) is 28.3 Å². The molecule has 0 amide bonds. The summed E-state index contributed by atoms with van der Waals surface area (Å²) in [6.45, 7) is 7.55. The first kappa shape index (κ1) is 24.4. The average Bonchev–Trinajstić information content (AvgIpc) is 3.67. The van der Waals surface area contributed by atoms with Gasteiger partial charge < -0.3 is 14.8 Å². The molecular weight excluding hydrogens is 422 g/mol. The number of nitrogens with one attached hydrogen (secondary N) is 1. The number of carbonyl (C=O) groups excluding carboxylic acids is 1. The minimum absolute atomic E-state index is 0.0964. The van der Waals surface area contributed by atoms with E-state index in [1.54, 1.807) is 14.0 Å². The van der Waals surface area contributed by atoms with Gasteiger partial charge in [0.1, 0.15) is 5.75 Å². The Hall–Kier alpha value is -2.77. The second kappa shape index (κ2) is 10.2. The van der Waals surface area contributed by atoms with Crippen LogP contribution < -0.4 is 10.1 Å². The lowest BCUT2D eigenvalue weighted by Crippen LogP contribution is -2.34. The molecule has 3 aliphatic carbocycles. The highest BCUT2D eigenvalue weighted by atomic mass is 16.5. The van der Waals surface area contributed by atoms with Gasteiger partial charge in [-0.1, -0.05) is 50.0 Å². The van der Waals surface area contributed by atoms with Crippen LogP contribution in [0.4, 0.5) is 0 Å². The minimum Gasteiger partial charge on any atom is -0.496 e. The normalized spacial score (nSPS) is 23.3. The Balaban J connectivity index is 1.54. The largest absolute Gasteiger partial charge is 0.496 e. The quantitative estimate of drug-likeness (QED) is 0.333. The maximum atomic E-state index is 11.6. The third-order valence-corrected chi connectivity index (χ3v) is 7.30. The Morgan fingerprint density at radius 1 is 1.21 bits per heavy atom. The van der Waals surface area contributed by atoms with Crippen molar-refractivity contribution in [2.75, 3.05) is 20.8 Å². The summed E-state index contributed by atoms with van der Waals surface area (Å²) in [5, 5.41) is 3.82. The zero-order chi connectivity index (χ0) is 24.3. The number of allylic oxidation sites excluding steroid dienone is 5. The molecule has 0 heterocycles. The minimum atomic E-state index is -0.280. The average molecular weight is 460 g/mol. The van der Waals surface area contributed by atoms with Crippen LogP contribution in [-0.2, 0) is 14.9 Å². The van der Waals surface area contributed by atoms with Crippen LogP contribution in [0.3, 0.4) is 0 Å². The van der Waals surface area contributed by atoms with E-state index in [-0.39, 0.29) is 17.3 Å². The molecule has 4 nitrogen and oxygen atoms in total. The van der Waals surface area contributed by atoms with Gasteiger partial charge in [-0.3, -0.25) is 0 Å². The van der Waals surface area contributed by atoms with Crippen LogP contribution in [0.5, 0.6) is 5.75 Å². The van der Waals surface area contributed by atoms with Crippen molar-refractivity contribution in [2.24, 2.45) is 11.8 Å². The van der Waals surface area contributed by atoms with Crippen LogP contribution in [0.1, 0.15) is 75.6 Å². The molecule has 2 atom stereocenters. The Bertz CT molecular complexity index is 1090. The smallest absolute Gasteiger partial charge is 0.333 e. The summed E-state index contributed by atoms with van der Waals surface area (Å²) in [5.41, 5.74) is 5.39. The van der Waals surface area contributed by atoms with E-state index in [4.69, 9.17) is 9.47 Å². The molecule has 1 aromatic carbocycles. The molecule has 0 saturated heterocycles. The van der Waals surface area contributed by atoms with Gasteiger partial charge in [0.05, 0.1) is 14.2 Å². The third-order valence-electron chi connectivity index (χ3n) is 7.30. The number of rotatable bonds is 6. The second-order valence-electron chi connectivity index (χ2n) is 10.5. The van der Waals surface area contributed by atoms with Gasteiger partial charge in [-0.05, 0) is 80.5 Å². The number of carbonyl (C=O) groups is 1. The van der Waals surface area contributed by atoms with E-state index < -0.39 is 0 Å². The lowest BCUT2D eigenvalue weighted by molar-refractivity contribution is -0.136. The van der Waals surface area contributed by atoms with Crippen molar-refractivity contribution in [3.05, 3.63) is 64.3 Å². The number of benzene rings is 1. The SMILES string of the molecule is COC(=O)C(C)=CC1C=CC(C#Cc2cc(OC)c3c(c2)C(C)(C)CCC3NCC2CC2)=CC1. The molecule has 0 radical (unpaired) electrons. The Morgan fingerprint density at radius 3 is 2.65 bits per heavy atom. The van der Waals surface area contributed by atoms with E-state index in [2.05, 4.69) is 55.3 Å². The highest BCUT2D eigenvalue weighted by Crippen LogP contribution is 2.46. The van der Waals surface area contributed by atoms with Gasteiger partial charge in [0.2, 0.25) is 0 Å². The van der Waals surface area contributed by atoms with Gasteiger partial charge >= 0.3 is 5.97 Å². The van der Waals surface area contributed by atoms with E-state index >= 15 is 0 Å². The molecule has 180 valence electrons. The van der Waals surface area contributed by atoms with Crippen molar-refractivity contribution in [1.82, 2.24) is 5.32 Å². The molecular formula is C30H37NO3. The molecule has 0 bridgehead atoms. The summed E-state index contributed by atoms with van der Waals surface area (Å²) in [6, 6.07) is 4.72. The van der Waals surface area contributed by atoms with Crippen LogP contribution in [-0.4, -0.2) is 26.7 Å². The highest BCUT2D eigenvalue weighted by Gasteiger charge is 2.36. The lowest BCUT2D eigenvalue weighted by Gasteiger charge is -2.38. The third kappa shape index (κ3) is 5.65. The molecule has 34 heavy (non-hydrogen) atoms. The number of fused-ring (bicyclic) bond motifs is 1. The van der Waals surface area contributed by atoms with E-state index in [0.717, 1.165) is 48.6 Å². The van der Waals surface area contributed by atoms with Crippen molar-refractivity contribution in [3.8, 4) is 17.6 Å². The first-order valence-corrected chi connectivity index (χ1v) is 12.4. The number of hydrogen-bond donors (Lipinski definition) is 1. The summed E-state index contributed by atoms with van der Waals surface area (Å²) in [5.74, 6) is 8.41. The van der Waals surface area contributed by atoms with Crippen molar-refractivity contribution < 1.29 is 14.3 Å². The Morgan fingerprint density at radius 2 is 2.00 bits per heavy atom. The molecule has 1 fully saturated rings. The van der Waals surface area contributed by atoms with Crippen molar-refractivity contribution in [2.45, 2.75) is 64.3 Å². The molecule has 1 aromatic rings. The summed E-state index contributed by atoms with van der Waals surface area (Å²) in [7, 11) is 3.18. The van der Waals surface area contributed by atoms with E-state index in [9.17, 15) is 4.79 Å². The fraction of sp³-hybridized carbons (Fsp3) is 0.500. The zero-order valence-corrected chi connectivity index (χ0v) is 21.2. The van der Waals surface area contributed by atoms with Crippen LogP contribution in [0.2, 0.25) is 0 Å². The molecule has 0 aliphatic heterocycles. The molecule has 1 saturated carbocycles. The molecule has 2 unspecified atom stereocenters. The summed E-state index contributed by atoms with van der Waals surface area (Å²) in [6.07, 6.45) is 14.1. The Labute approximate surface area is 204 Å². The molecule has 4 heteroatoms. The molecule has 1 N–H and O–H groups in total. The van der Waals surface area contributed by atoms with Crippen LogP contribution in [0.25, 0.3) is 0 Å². The summed E-state index contributed by atoms with van der Waals surface area (Å²) < 4.78 is 10.7. The summed E-state index contributed by atoms with van der Waals surface area (Å²) >= 11 is 0. The van der Waals surface area contributed by atoms with Gasteiger partial charge in [-0.15, -0.1) is 0 Å². The number of ether oxygens (including phenoxy) is 2. The van der Waals surface area contributed by atoms with Gasteiger partial charge in [0.25, 0.3) is 0 Å². The molecule has 3 aliphatic rings. The fourth-order valence-corrected chi connectivity index (χ4v) is 4.95. The first-order valence-electron chi connectivity index (χ1n) is 12.4. The first-order chi connectivity index (χ1) is 16.3. The van der Waals surface area contributed by atoms with Crippen molar-refractivity contribution in [3.63, 3.8) is 0 Å². The monoisotopic (exact) mass is 459 g/mol. The number of methoxy groups -OCH3 is 2. The van der Waals surface area contributed by atoms with Crippen LogP contribution in [0, 0.1) is 23.7 Å². The van der Waals surface area contributed by atoms with Gasteiger partial charge in [0.15, 0.2) is 0 Å². The fourth-order valence-electron chi connectivity index (χ4n) is 4.95. The van der Waals surface area contributed by atoms with Gasteiger partial charge in [-0.2, -0.15) is 0 Å². The van der Waals surface area contributed by atoms with Gasteiger partial charge in [-0.25, -0.2) is 4.79 Å².